The van der Waals surface area contributed by atoms with Crippen molar-refractivity contribution in [1.29, 1.82) is 0 Å². The van der Waals surface area contributed by atoms with Gasteiger partial charge in [-0.05, 0) is 40.9 Å². The Morgan fingerprint density at radius 3 is 2.00 bits per heavy atom. The SMILES string of the molecule is CCC(N)C(C)N(CC)C(C)CN(C)C. The summed E-state index contributed by atoms with van der Waals surface area (Å²) in [7, 11) is 4.24. The monoisotopic (exact) mass is 215 g/mol. The lowest BCUT2D eigenvalue weighted by molar-refractivity contribution is 0.119. The zero-order valence-electron chi connectivity index (χ0n) is 11.3. The Balaban J connectivity index is 4.32. The van der Waals surface area contributed by atoms with Crippen molar-refractivity contribution in [3.8, 4) is 0 Å². The van der Waals surface area contributed by atoms with E-state index >= 15 is 0 Å². The van der Waals surface area contributed by atoms with E-state index in [0.717, 1.165) is 19.5 Å². The van der Waals surface area contributed by atoms with E-state index < -0.39 is 0 Å². The Labute approximate surface area is 95.6 Å². The standard InChI is InChI=1S/C12H29N3/c1-7-12(13)11(4)15(8-2)10(3)9-14(5)6/h10-12H,7-9,13H2,1-6H3. The van der Waals surface area contributed by atoms with Gasteiger partial charge in [0.15, 0.2) is 0 Å². The van der Waals surface area contributed by atoms with Gasteiger partial charge in [-0.15, -0.1) is 0 Å². The van der Waals surface area contributed by atoms with E-state index in [4.69, 9.17) is 5.73 Å². The molecule has 0 fully saturated rings. The Morgan fingerprint density at radius 1 is 1.13 bits per heavy atom. The summed E-state index contributed by atoms with van der Waals surface area (Å²) in [5.74, 6) is 0. The number of hydrogen-bond donors (Lipinski definition) is 1. The first kappa shape index (κ1) is 14.9. The third kappa shape index (κ3) is 4.96. The lowest BCUT2D eigenvalue weighted by Gasteiger charge is -2.37. The minimum Gasteiger partial charge on any atom is -0.326 e. The molecular weight excluding hydrogens is 186 g/mol. The van der Waals surface area contributed by atoms with E-state index in [1.54, 1.807) is 0 Å². The molecule has 0 aliphatic heterocycles. The first-order chi connectivity index (χ1) is 6.93. The van der Waals surface area contributed by atoms with Gasteiger partial charge in [0.05, 0.1) is 0 Å². The summed E-state index contributed by atoms with van der Waals surface area (Å²) in [5, 5.41) is 0. The normalized spacial score (nSPS) is 18.2. The molecule has 3 heteroatoms. The molecule has 0 saturated carbocycles. The van der Waals surface area contributed by atoms with Crippen LogP contribution in [-0.4, -0.2) is 55.1 Å². The molecule has 15 heavy (non-hydrogen) atoms. The zero-order valence-corrected chi connectivity index (χ0v) is 11.3. The molecule has 0 aliphatic rings. The molecule has 0 spiro atoms. The molecule has 3 nitrogen and oxygen atoms in total. The van der Waals surface area contributed by atoms with Gasteiger partial charge in [0.2, 0.25) is 0 Å². The summed E-state index contributed by atoms with van der Waals surface area (Å²) in [6, 6.07) is 1.32. The van der Waals surface area contributed by atoms with E-state index in [-0.39, 0.29) is 6.04 Å². The van der Waals surface area contributed by atoms with Crippen LogP contribution in [0.4, 0.5) is 0 Å². The molecular formula is C12H29N3. The summed E-state index contributed by atoms with van der Waals surface area (Å²) in [4.78, 5) is 4.73. The lowest BCUT2D eigenvalue weighted by atomic mass is 10.0. The maximum atomic E-state index is 6.11. The fourth-order valence-corrected chi connectivity index (χ4v) is 2.22. The smallest absolute Gasteiger partial charge is 0.0222 e. The maximum absolute atomic E-state index is 6.11. The Morgan fingerprint density at radius 2 is 1.67 bits per heavy atom. The quantitative estimate of drug-likeness (QED) is 0.696. The van der Waals surface area contributed by atoms with Crippen LogP contribution in [0.25, 0.3) is 0 Å². The average molecular weight is 215 g/mol. The minimum absolute atomic E-state index is 0.287. The van der Waals surface area contributed by atoms with Crippen molar-refractivity contribution < 1.29 is 0 Å². The van der Waals surface area contributed by atoms with Crippen LogP contribution >= 0.6 is 0 Å². The van der Waals surface area contributed by atoms with Gasteiger partial charge in [-0.2, -0.15) is 0 Å². The number of rotatable bonds is 7. The van der Waals surface area contributed by atoms with E-state index in [1.165, 1.54) is 0 Å². The van der Waals surface area contributed by atoms with Crippen molar-refractivity contribution in [2.75, 3.05) is 27.2 Å². The molecule has 0 aromatic rings. The number of nitrogens with zero attached hydrogens (tertiary/aromatic N) is 2. The predicted molar refractivity (Wildman–Crippen MR) is 68.1 cm³/mol. The summed E-state index contributed by atoms with van der Waals surface area (Å²) >= 11 is 0. The van der Waals surface area contributed by atoms with Crippen LogP contribution in [0.5, 0.6) is 0 Å². The Kier molecular flexibility index (Phi) is 7.14. The molecule has 3 unspecified atom stereocenters. The van der Waals surface area contributed by atoms with E-state index in [1.807, 2.05) is 0 Å². The Hall–Kier alpha value is -0.120. The second kappa shape index (κ2) is 7.20. The second-order valence-corrected chi connectivity index (χ2v) is 4.75. The maximum Gasteiger partial charge on any atom is 0.0222 e. The van der Waals surface area contributed by atoms with Gasteiger partial charge in [0, 0.05) is 24.7 Å². The highest BCUT2D eigenvalue weighted by Crippen LogP contribution is 2.10. The van der Waals surface area contributed by atoms with Gasteiger partial charge in [-0.3, -0.25) is 4.90 Å². The van der Waals surface area contributed by atoms with Crippen molar-refractivity contribution in [3.63, 3.8) is 0 Å². The zero-order chi connectivity index (χ0) is 12.0. The van der Waals surface area contributed by atoms with Gasteiger partial charge in [0.25, 0.3) is 0 Å². The third-order valence-corrected chi connectivity index (χ3v) is 3.17. The molecule has 2 N–H and O–H groups in total. The molecule has 0 saturated heterocycles. The van der Waals surface area contributed by atoms with E-state index in [9.17, 15) is 0 Å². The van der Waals surface area contributed by atoms with Crippen LogP contribution in [0.1, 0.15) is 34.1 Å². The molecule has 0 aliphatic carbocycles. The minimum atomic E-state index is 0.287. The van der Waals surface area contributed by atoms with Crippen LogP contribution in [0.2, 0.25) is 0 Å². The Bertz CT molecular complexity index is 159. The first-order valence-corrected chi connectivity index (χ1v) is 6.10. The fourth-order valence-electron chi connectivity index (χ4n) is 2.22. The molecule has 0 aromatic heterocycles. The lowest BCUT2D eigenvalue weighted by Crippen LogP contribution is -2.51. The topological polar surface area (TPSA) is 32.5 Å². The molecule has 0 bridgehead atoms. The highest BCUT2D eigenvalue weighted by atomic mass is 15.2. The van der Waals surface area contributed by atoms with E-state index in [2.05, 4.69) is 51.6 Å². The number of nitrogens with two attached hydrogens (primary N) is 1. The van der Waals surface area contributed by atoms with Crippen LogP contribution in [0.3, 0.4) is 0 Å². The average Bonchev–Trinajstić information content (AvgIpc) is 2.16. The molecule has 0 radical (unpaired) electrons. The van der Waals surface area contributed by atoms with Crippen molar-refractivity contribution in [2.24, 2.45) is 5.73 Å². The summed E-state index contributed by atoms with van der Waals surface area (Å²) in [5.41, 5.74) is 6.11. The molecule has 0 aromatic carbocycles. The third-order valence-electron chi connectivity index (χ3n) is 3.17. The first-order valence-electron chi connectivity index (χ1n) is 6.10. The molecule has 92 valence electrons. The largest absolute Gasteiger partial charge is 0.326 e. The molecule has 0 rings (SSSR count). The van der Waals surface area contributed by atoms with Crippen molar-refractivity contribution in [1.82, 2.24) is 9.80 Å². The number of likely N-dealkylation sites (N-methyl/N-ethyl adjacent to an activating group) is 2. The number of hydrogen-bond acceptors (Lipinski definition) is 3. The predicted octanol–water partition coefficient (Wildman–Crippen LogP) is 1.38. The van der Waals surface area contributed by atoms with Gasteiger partial charge >= 0.3 is 0 Å². The summed E-state index contributed by atoms with van der Waals surface area (Å²) < 4.78 is 0. The fraction of sp³-hybridized carbons (Fsp3) is 1.00. The van der Waals surface area contributed by atoms with Gasteiger partial charge in [-0.25, -0.2) is 0 Å². The summed E-state index contributed by atoms with van der Waals surface area (Å²) in [6.45, 7) is 11.1. The molecule has 0 amide bonds. The van der Waals surface area contributed by atoms with Crippen LogP contribution < -0.4 is 5.73 Å². The molecule has 3 atom stereocenters. The van der Waals surface area contributed by atoms with Crippen molar-refractivity contribution >= 4 is 0 Å². The van der Waals surface area contributed by atoms with E-state index in [0.29, 0.717) is 12.1 Å². The summed E-state index contributed by atoms with van der Waals surface area (Å²) in [6.07, 6.45) is 1.05. The van der Waals surface area contributed by atoms with Gasteiger partial charge < -0.3 is 10.6 Å². The van der Waals surface area contributed by atoms with Crippen molar-refractivity contribution in [2.45, 2.75) is 52.2 Å². The van der Waals surface area contributed by atoms with Crippen LogP contribution in [0, 0.1) is 0 Å². The highest BCUT2D eigenvalue weighted by molar-refractivity contribution is 4.81. The van der Waals surface area contributed by atoms with Gasteiger partial charge in [0.1, 0.15) is 0 Å². The van der Waals surface area contributed by atoms with Gasteiger partial charge in [-0.1, -0.05) is 13.8 Å². The van der Waals surface area contributed by atoms with Crippen LogP contribution in [0.15, 0.2) is 0 Å². The van der Waals surface area contributed by atoms with Crippen LogP contribution in [-0.2, 0) is 0 Å². The molecule has 0 heterocycles. The highest BCUT2D eigenvalue weighted by Gasteiger charge is 2.22. The van der Waals surface area contributed by atoms with Crippen molar-refractivity contribution in [3.05, 3.63) is 0 Å². The second-order valence-electron chi connectivity index (χ2n) is 4.75.